The molecule has 0 aromatic rings. The van der Waals surface area contributed by atoms with Crippen LogP contribution in [0.2, 0.25) is 0 Å². The van der Waals surface area contributed by atoms with E-state index in [9.17, 15) is 4.79 Å². The van der Waals surface area contributed by atoms with E-state index in [-0.39, 0.29) is 6.09 Å². The lowest BCUT2D eigenvalue weighted by atomic mass is 10.1. The molecule has 4 nitrogen and oxygen atoms in total. The lowest BCUT2D eigenvalue weighted by Crippen LogP contribution is -2.32. The molecule has 0 radical (unpaired) electrons. The Kier molecular flexibility index (Phi) is 8.48. The Hall–Kier alpha value is -1.03. The van der Waals surface area contributed by atoms with E-state index >= 15 is 0 Å². The number of alkyl carbamates (subject to hydrolysis) is 1. The molecule has 0 aromatic heterocycles. The minimum absolute atomic E-state index is 0.377. The summed E-state index contributed by atoms with van der Waals surface area (Å²) < 4.78 is 5.13. The Morgan fingerprint density at radius 1 is 1.16 bits per heavy atom. The Morgan fingerprint density at radius 3 is 2.26 bits per heavy atom. The maximum atomic E-state index is 11.3. The number of rotatable bonds is 7. The Bertz CT molecular complexity index is 280. The number of amides is 1. The molecule has 1 unspecified atom stereocenters. The molecule has 0 aromatic carbocycles. The van der Waals surface area contributed by atoms with Crippen LogP contribution in [0.3, 0.4) is 0 Å². The number of carbonyl (C=O) groups excluding carboxylic acids is 1. The number of ether oxygens (including phenoxy) is 1. The van der Waals surface area contributed by atoms with E-state index in [4.69, 9.17) is 4.74 Å². The lowest BCUT2D eigenvalue weighted by Gasteiger charge is -2.19. The van der Waals surface area contributed by atoms with Gasteiger partial charge in [0.05, 0.1) is 0 Å². The van der Waals surface area contributed by atoms with Crippen molar-refractivity contribution in [2.24, 2.45) is 5.92 Å². The fraction of sp³-hybridized carbons (Fsp3) is 0.800. The predicted octanol–water partition coefficient (Wildman–Crippen LogP) is 3.09. The van der Waals surface area contributed by atoms with Gasteiger partial charge in [-0.2, -0.15) is 0 Å². The second-order valence-corrected chi connectivity index (χ2v) is 6.29. The molecule has 112 valence electrons. The quantitative estimate of drug-likeness (QED) is 0.699. The molecule has 0 heterocycles. The highest BCUT2D eigenvalue weighted by atomic mass is 16.6. The Morgan fingerprint density at radius 2 is 1.74 bits per heavy atom. The highest BCUT2D eigenvalue weighted by Gasteiger charge is 2.14. The van der Waals surface area contributed by atoms with Crippen LogP contribution in [-0.2, 0) is 4.74 Å². The first-order chi connectivity index (χ1) is 8.70. The third-order valence-electron chi connectivity index (χ3n) is 2.34. The summed E-state index contributed by atoms with van der Waals surface area (Å²) in [6.07, 6.45) is 4.75. The highest BCUT2D eigenvalue weighted by Crippen LogP contribution is 2.06. The smallest absolute Gasteiger partial charge is 0.407 e. The minimum Gasteiger partial charge on any atom is -0.444 e. The van der Waals surface area contributed by atoms with Crippen LogP contribution in [0.4, 0.5) is 4.79 Å². The first-order valence-corrected chi connectivity index (χ1v) is 7.06. The molecule has 2 N–H and O–H groups in total. The molecule has 0 fully saturated rings. The first-order valence-electron chi connectivity index (χ1n) is 7.06. The van der Waals surface area contributed by atoms with Crippen LogP contribution in [0.15, 0.2) is 12.2 Å². The highest BCUT2D eigenvalue weighted by molar-refractivity contribution is 5.67. The third kappa shape index (κ3) is 13.2. The fourth-order valence-corrected chi connectivity index (χ4v) is 1.68. The average molecular weight is 270 g/mol. The van der Waals surface area contributed by atoms with E-state index < -0.39 is 5.60 Å². The number of carbonyl (C=O) groups is 1. The van der Waals surface area contributed by atoms with Crippen molar-refractivity contribution in [3.8, 4) is 0 Å². The van der Waals surface area contributed by atoms with Crippen molar-refractivity contribution in [3.05, 3.63) is 12.2 Å². The summed E-state index contributed by atoms with van der Waals surface area (Å²) >= 11 is 0. The van der Waals surface area contributed by atoms with Crippen LogP contribution in [0.5, 0.6) is 0 Å². The molecule has 0 aliphatic heterocycles. The van der Waals surface area contributed by atoms with Gasteiger partial charge in [-0.1, -0.05) is 26.0 Å². The van der Waals surface area contributed by atoms with Gasteiger partial charge in [-0.25, -0.2) is 4.79 Å². The Labute approximate surface area is 118 Å². The zero-order valence-corrected chi connectivity index (χ0v) is 13.2. The number of hydrogen-bond donors (Lipinski definition) is 2. The summed E-state index contributed by atoms with van der Waals surface area (Å²) in [4.78, 5) is 11.3. The SMILES string of the molecule is CC(C)CC(C)NC/C=C/CNC(=O)OC(C)(C)C. The summed E-state index contributed by atoms with van der Waals surface area (Å²) in [5, 5.41) is 6.09. The molecule has 1 amide bonds. The summed E-state index contributed by atoms with van der Waals surface area (Å²) in [7, 11) is 0. The van der Waals surface area contributed by atoms with Gasteiger partial charge in [0.25, 0.3) is 0 Å². The maximum Gasteiger partial charge on any atom is 0.407 e. The molecule has 0 aliphatic rings. The molecule has 0 spiro atoms. The topological polar surface area (TPSA) is 50.4 Å². The van der Waals surface area contributed by atoms with Gasteiger partial charge in [0.2, 0.25) is 0 Å². The summed E-state index contributed by atoms with van der Waals surface area (Å²) in [5.74, 6) is 0.709. The summed E-state index contributed by atoms with van der Waals surface area (Å²) in [5.41, 5.74) is -0.443. The Balaban J connectivity index is 3.62. The van der Waals surface area contributed by atoms with E-state index in [1.807, 2.05) is 32.9 Å². The zero-order chi connectivity index (χ0) is 14.9. The van der Waals surface area contributed by atoms with Crippen molar-refractivity contribution in [1.82, 2.24) is 10.6 Å². The largest absolute Gasteiger partial charge is 0.444 e. The number of hydrogen-bond acceptors (Lipinski definition) is 3. The summed E-state index contributed by atoms with van der Waals surface area (Å²) in [6.45, 7) is 13.5. The molecule has 0 aliphatic carbocycles. The molecule has 0 saturated carbocycles. The van der Waals surface area contributed by atoms with Crippen molar-refractivity contribution in [2.45, 2.75) is 59.6 Å². The second-order valence-electron chi connectivity index (χ2n) is 6.29. The van der Waals surface area contributed by atoms with E-state index in [0.29, 0.717) is 18.5 Å². The molecule has 0 saturated heterocycles. The van der Waals surface area contributed by atoms with Crippen molar-refractivity contribution in [1.29, 1.82) is 0 Å². The average Bonchev–Trinajstić information content (AvgIpc) is 2.19. The third-order valence-corrected chi connectivity index (χ3v) is 2.34. The maximum absolute atomic E-state index is 11.3. The standard InChI is InChI=1S/C15H30N2O2/c1-12(2)11-13(3)16-9-7-8-10-17-14(18)19-15(4,5)6/h7-8,12-13,16H,9-11H2,1-6H3,(H,17,18)/b8-7+. The molecule has 19 heavy (non-hydrogen) atoms. The van der Waals surface area contributed by atoms with Crippen molar-refractivity contribution in [2.75, 3.05) is 13.1 Å². The van der Waals surface area contributed by atoms with Crippen LogP contribution < -0.4 is 10.6 Å². The van der Waals surface area contributed by atoms with E-state index in [1.165, 1.54) is 6.42 Å². The van der Waals surface area contributed by atoms with Crippen LogP contribution in [0, 0.1) is 5.92 Å². The van der Waals surface area contributed by atoms with Crippen molar-refractivity contribution in [3.63, 3.8) is 0 Å². The molecular weight excluding hydrogens is 240 g/mol. The molecule has 0 rings (SSSR count). The lowest BCUT2D eigenvalue weighted by molar-refractivity contribution is 0.0534. The normalized spacial score (nSPS) is 13.8. The zero-order valence-electron chi connectivity index (χ0n) is 13.2. The molecule has 4 heteroatoms. The van der Waals surface area contributed by atoms with Crippen LogP contribution in [-0.4, -0.2) is 30.8 Å². The molecule has 0 bridgehead atoms. The second kappa shape index (κ2) is 8.97. The minimum atomic E-state index is -0.443. The van der Waals surface area contributed by atoms with Gasteiger partial charge in [0, 0.05) is 19.1 Å². The summed E-state index contributed by atoms with van der Waals surface area (Å²) in [6, 6.07) is 0.517. The van der Waals surface area contributed by atoms with Gasteiger partial charge in [0.15, 0.2) is 0 Å². The van der Waals surface area contributed by atoms with E-state index in [0.717, 1.165) is 6.54 Å². The first kappa shape index (κ1) is 18.0. The van der Waals surface area contributed by atoms with Crippen LogP contribution in [0.1, 0.15) is 48.0 Å². The number of nitrogens with one attached hydrogen (secondary N) is 2. The van der Waals surface area contributed by atoms with Crippen molar-refractivity contribution >= 4 is 6.09 Å². The van der Waals surface area contributed by atoms with Gasteiger partial charge in [-0.15, -0.1) is 0 Å². The fourth-order valence-electron chi connectivity index (χ4n) is 1.68. The van der Waals surface area contributed by atoms with E-state index in [1.54, 1.807) is 0 Å². The predicted molar refractivity (Wildman–Crippen MR) is 80.3 cm³/mol. The van der Waals surface area contributed by atoms with Gasteiger partial charge in [-0.3, -0.25) is 0 Å². The monoisotopic (exact) mass is 270 g/mol. The van der Waals surface area contributed by atoms with Gasteiger partial charge < -0.3 is 15.4 Å². The van der Waals surface area contributed by atoms with Gasteiger partial charge in [0.1, 0.15) is 5.60 Å². The van der Waals surface area contributed by atoms with Gasteiger partial charge >= 0.3 is 6.09 Å². The molecule has 1 atom stereocenters. The van der Waals surface area contributed by atoms with Crippen LogP contribution >= 0.6 is 0 Å². The van der Waals surface area contributed by atoms with Crippen molar-refractivity contribution < 1.29 is 9.53 Å². The molecular formula is C15H30N2O2. The van der Waals surface area contributed by atoms with Crippen LogP contribution in [0.25, 0.3) is 0 Å². The van der Waals surface area contributed by atoms with E-state index in [2.05, 4.69) is 31.4 Å². The van der Waals surface area contributed by atoms with Gasteiger partial charge in [-0.05, 0) is 40.0 Å².